The summed E-state index contributed by atoms with van der Waals surface area (Å²) in [6.07, 6.45) is -3.91. The topological polar surface area (TPSA) is 58.6 Å². The van der Waals surface area contributed by atoms with E-state index in [0.717, 1.165) is 12.1 Å². The number of nitrogens with zero attached hydrogens (tertiary/aromatic N) is 1. The van der Waals surface area contributed by atoms with Crippen LogP contribution >= 0.6 is 0 Å². The Labute approximate surface area is 130 Å². The number of hydrogen-bond acceptors (Lipinski definition) is 3. The Hall–Kier alpha value is -2.25. The molecule has 0 radical (unpaired) electrons. The Morgan fingerprint density at radius 2 is 2.13 bits per heavy atom. The molecule has 0 aliphatic carbocycles. The van der Waals surface area contributed by atoms with Crippen molar-refractivity contribution in [2.75, 3.05) is 11.9 Å². The molecule has 2 aliphatic rings. The SMILES string of the molecule is CC(=O)OC1CCN2C(=O)Nc3cc(C(F)(F)F)ccc3[C@@H]2C1. The summed E-state index contributed by atoms with van der Waals surface area (Å²) in [4.78, 5) is 24.8. The van der Waals surface area contributed by atoms with E-state index < -0.39 is 23.7 Å². The Morgan fingerprint density at radius 3 is 2.78 bits per heavy atom. The monoisotopic (exact) mass is 328 g/mol. The number of ether oxygens (including phenoxy) is 1. The summed E-state index contributed by atoms with van der Waals surface area (Å²) in [5.41, 5.74) is -0.0404. The number of urea groups is 1. The molecule has 124 valence electrons. The fourth-order valence-corrected chi connectivity index (χ4v) is 3.13. The first-order valence-electron chi connectivity index (χ1n) is 7.21. The second-order valence-corrected chi connectivity index (χ2v) is 5.69. The van der Waals surface area contributed by atoms with Gasteiger partial charge in [0.1, 0.15) is 6.10 Å². The Morgan fingerprint density at radius 1 is 1.39 bits per heavy atom. The van der Waals surface area contributed by atoms with Crippen LogP contribution in [0.2, 0.25) is 0 Å². The van der Waals surface area contributed by atoms with Crippen LogP contribution in [0.3, 0.4) is 0 Å². The van der Waals surface area contributed by atoms with Gasteiger partial charge in [-0.2, -0.15) is 13.2 Å². The minimum absolute atomic E-state index is 0.162. The summed E-state index contributed by atoms with van der Waals surface area (Å²) in [7, 11) is 0. The molecule has 2 aliphatic heterocycles. The zero-order chi connectivity index (χ0) is 16.8. The van der Waals surface area contributed by atoms with E-state index in [-0.39, 0.29) is 17.8 Å². The van der Waals surface area contributed by atoms with Gasteiger partial charge in [0, 0.05) is 32.0 Å². The smallest absolute Gasteiger partial charge is 0.416 e. The lowest BCUT2D eigenvalue weighted by molar-refractivity contribution is -0.149. The number of nitrogens with one attached hydrogen (secondary N) is 1. The Bertz CT molecular complexity index is 660. The number of amides is 2. The number of piperidine rings is 1. The van der Waals surface area contributed by atoms with E-state index in [9.17, 15) is 22.8 Å². The van der Waals surface area contributed by atoms with Gasteiger partial charge in [0.15, 0.2) is 0 Å². The summed E-state index contributed by atoms with van der Waals surface area (Å²) in [6, 6.07) is 2.51. The molecule has 1 N–H and O–H groups in total. The van der Waals surface area contributed by atoms with Crippen molar-refractivity contribution >= 4 is 17.7 Å². The third kappa shape index (κ3) is 2.97. The average Bonchev–Trinajstić information content (AvgIpc) is 2.45. The van der Waals surface area contributed by atoms with E-state index >= 15 is 0 Å². The lowest BCUT2D eigenvalue weighted by Gasteiger charge is -2.43. The first-order valence-corrected chi connectivity index (χ1v) is 7.21. The van der Waals surface area contributed by atoms with Gasteiger partial charge in [-0.1, -0.05) is 6.07 Å². The van der Waals surface area contributed by atoms with Gasteiger partial charge in [0.25, 0.3) is 0 Å². The van der Waals surface area contributed by atoms with Crippen molar-refractivity contribution < 1.29 is 27.5 Å². The van der Waals surface area contributed by atoms with Crippen LogP contribution in [-0.4, -0.2) is 29.5 Å². The van der Waals surface area contributed by atoms with Gasteiger partial charge in [-0.15, -0.1) is 0 Å². The normalized spacial score (nSPS) is 23.7. The highest BCUT2D eigenvalue weighted by Gasteiger charge is 2.40. The predicted octanol–water partition coefficient (Wildman–Crippen LogP) is 3.32. The molecule has 0 aromatic heterocycles. The number of rotatable bonds is 1. The molecule has 2 atom stereocenters. The maximum Gasteiger partial charge on any atom is 0.416 e. The summed E-state index contributed by atoms with van der Waals surface area (Å²) >= 11 is 0. The zero-order valence-corrected chi connectivity index (χ0v) is 12.3. The van der Waals surface area contributed by atoms with Crippen molar-refractivity contribution in [2.24, 2.45) is 0 Å². The van der Waals surface area contributed by atoms with Crippen molar-refractivity contribution in [2.45, 2.75) is 38.1 Å². The lowest BCUT2D eigenvalue weighted by Crippen LogP contribution is -2.48. The van der Waals surface area contributed by atoms with Crippen molar-refractivity contribution in [1.82, 2.24) is 4.90 Å². The fraction of sp³-hybridized carbons (Fsp3) is 0.467. The molecule has 0 saturated carbocycles. The van der Waals surface area contributed by atoms with Crippen LogP contribution in [0.4, 0.5) is 23.7 Å². The number of hydrogen-bond donors (Lipinski definition) is 1. The minimum atomic E-state index is -4.47. The van der Waals surface area contributed by atoms with Gasteiger partial charge in [-0.05, 0) is 17.7 Å². The highest BCUT2D eigenvalue weighted by Crippen LogP contribution is 2.42. The summed E-state index contributed by atoms with van der Waals surface area (Å²) < 4.78 is 43.6. The molecule has 1 fully saturated rings. The fourth-order valence-electron chi connectivity index (χ4n) is 3.13. The van der Waals surface area contributed by atoms with Gasteiger partial charge >= 0.3 is 18.2 Å². The van der Waals surface area contributed by atoms with E-state index in [0.29, 0.717) is 24.9 Å². The number of alkyl halides is 3. The second kappa shape index (κ2) is 5.43. The van der Waals surface area contributed by atoms with Gasteiger partial charge in [-0.3, -0.25) is 4.79 Å². The van der Waals surface area contributed by atoms with Crippen molar-refractivity contribution in [1.29, 1.82) is 0 Å². The first-order chi connectivity index (χ1) is 10.8. The molecule has 2 heterocycles. The maximum atomic E-state index is 12.8. The Balaban J connectivity index is 1.92. The molecule has 0 spiro atoms. The van der Waals surface area contributed by atoms with Crippen LogP contribution in [0, 0.1) is 0 Å². The lowest BCUT2D eigenvalue weighted by atomic mass is 9.90. The van der Waals surface area contributed by atoms with Crippen molar-refractivity contribution in [3.63, 3.8) is 0 Å². The number of fused-ring (bicyclic) bond motifs is 3. The average molecular weight is 328 g/mol. The van der Waals surface area contributed by atoms with E-state index in [1.165, 1.54) is 13.0 Å². The minimum Gasteiger partial charge on any atom is -0.462 e. The highest BCUT2D eigenvalue weighted by molar-refractivity contribution is 5.93. The number of benzene rings is 1. The molecule has 1 unspecified atom stereocenters. The van der Waals surface area contributed by atoms with Crippen molar-refractivity contribution in [3.05, 3.63) is 29.3 Å². The number of carbonyl (C=O) groups is 2. The standard InChI is InChI=1S/C15H15F3N2O3/c1-8(21)23-10-4-5-20-13(7-10)11-3-2-9(15(16,17)18)6-12(11)19-14(20)22/h2-3,6,10,13H,4-5,7H2,1H3,(H,19,22)/t10?,13-/m0/s1. The molecular formula is C15H15F3N2O3. The molecule has 5 nitrogen and oxygen atoms in total. The molecule has 8 heteroatoms. The van der Waals surface area contributed by atoms with Crippen LogP contribution in [0.25, 0.3) is 0 Å². The molecule has 3 rings (SSSR count). The first kappa shape index (κ1) is 15.6. The van der Waals surface area contributed by atoms with Crippen LogP contribution in [-0.2, 0) is 15.7 Å². The van der Waals surface area contributed by atoms with Crippen LogP contribution in [0.1, 0.15) is 36.9 Å². The number of anilines is 1. The van der Waals surface area contributed by atoms with Crippen LogP contribution in [0.15, 0.2) is 18.2 Å². The van der Waals surface area contributed by atoms with Crippen LogP contribution < -0.4 is 5.32 Å². The number of halogens is 3. The maximum absolute atomic E-state index is 12.8. The van der Waals surface area contributed by atoms with Gasteiger partial charge in [0.05, 0.1) is 11.6 Å². The zero-order valence-electron chi connectivity index (χ0n) is 12.3. The number of carbonyl (C=O) groups excluding carboxylic acids is 2. The summed E-state index contributed by atoms with van der Waals surface area (Å²) in [5, 5.41) is 2.51. The molecule has 2 amide bonds. The molecule has 23 heavy (non-hydrogen) atoms. The summed E-state index contributed by atoms with van der Waals surface area (Å²) in [6.45, 7) is 1.69. The molecule has 1 aromatic rings. The highest BCUT2D eigenvalue weighted by atomic mass is 19.4. The van der Waals surface area contributed by atoms with Gasteiger partial charge < -0.3 is 15.0 Å². The largest absolute Gasteiger partial charge is 0.462 e. The van der Waals surface area contributed by atoms with Crippen molar-refractivity contribution in [3.8, 4) is 0 Å². The number of esters is 1. The van der Waals surface area contributed by atoms with E-state index in [4.69, 9.17) is 4.74 Å². The van der Waals surface area contributed by atoms with Gasteiger partial charge in [0.2, 0.25) is 0 Å². The molecule has 1 aromatic carbocycles. The predicted molar refractivity (Wildman–Crippen MR) is 74.7 cm³/mol. The van der Waals surface area contributed by atoms with Gasteiger partial charge in [-0.25, -0.2) is 4.79 Å². The quantitative estimate of drug-likeness (QED) is 0.805. The molecule has 0 bridgehead atoms. The molecular weight excluding hydrogens is 313 g/mol. The van der Waals surface area contributed by atoms with Crippen LogP contribution in [0.5, 0.6) is 0 Å². The Kier molecular flexibility index (Phi) is 3.69. The van der Waals surface area contributed by atoms with E-state index in [2.05, 4.69) is 5.32 Å². The van der Waals surface area contributed by atoms with E-state index in [1.54, 1.807) is 4.90 Å². The third-order valence-corrected chi connectivity index (χ3v) is 4.13. The summed E-state index contributed by atoms with van der Waals surface area (Å²) in [5.74, 6) is -0.406. The second-order valence-electron chi connectivity index (χ2n) is 5.69. The third-order valence-electron chi connectivity index (χ3n) is 4.13. The molecule has 1 saturated heterocycles. The van der Waals surface area contributed by atoms with E-state index in [1.807, 2.05) is 0 Å².